The zero-order chi connectivity index (χ0) is 8.27. The van der Waals surface area contributed by atoms with Gasteiger partial charge in [-0.2, -0.15) is 0 Å². The molecule has 0 aromatic heterocycles. The van der Waals surface area contributed by atoms with Crippen LogP contribution in [0, 0.1) is 0 Å². The van der Waals surface area contributed by atoms with Gasteiger partial charge in [-0.25, -0.2) is 0 Å². The standard InChI is InChI=1S/C8H18N2O/c1-2-3-10-5-7(9)4-8(10)6-11/h7-8,11H,2-6,9H2,1H3/t7-,8-/m0/s1. The van der Waals surface area contributed by atoms with Gasteiger partial charge in [-0.1, -0.05) is 6.92 Å². The van der Waals surface area contributed by atoms with E-state index in [0.717, 1.165) is 25.9 Å². The molecule has 1 aliphatic rings. The molecule has 2 atom stereocenters. The maximum Gasteiger partial charge on any atom is 0.0587 e. The van der Waals surface area contributed by atoms with E-state index in [2.05, 4.69) is 11.8 Å². The van der Waals surface area contributed by atoms with Crippen LogP contribution >= 0.6 is 0 Å². The summed E-state index contributed by atoms with van der Waals surface area (Å²) in [6.07, 6.45) is 2.10. The number of hydrogen-bond donors (Lipinski definition) is 2. The molecule has 3 N–H and O–H groups in total. The maximum absolute atomic E-state index is 8.98. The highest BCUT2D eigenvalue weighted by atomic mass is 16.3. The van der Waals surface area contributed by atoms with Gasteiger partial charge in [0, 0.05) is 18.6 Å². The molecule has 0 aliphatic carbocycles. The molecule has 11 heavy (non-hydrogen) atoms. The van der Waals surface area contributed by atoms with E-state index >= 15 is 0 Å². The van der Waals surface area contributed by atoms with E-state index in [1.165, 1.54) is 0 Å². The van der Waals surface area contributed by atoms with Crippen molar-refractivity contribution in [3.05, 3.63) is 0 Å². The Morgan fingerprint density at radius 3 is 2.91 bits per heavy atom. The minimum Gasteiger partial charge on any atom is -0.395 e. The van der Waals surface area contributed by atoms with Gasteiger partial charge < -0.3 is 10.8 Å². The third-order valence-corrected chi connectivity index (χ3v) is 2.28. The normalized spacial score (nSPS) is 33.0. The van der Waals surface area contributed by atoms with Crippen LogP contribution in [0.15, 0.2) is 0 Å². The molecule has 1 fully saturated rings. The van der Waals surface area contributed by atoms with Gasteiger partial charge in [0.2, 0.25) is 0 Å². The van der Waals surface area contributed by atoms with E-state index in [1.54, 1.807) is 0 Å². The molecule has 0 unspecified atom stereocenters. The Kier molecular flexibility index (Phi) is 3.30. The van der Waals surface area contributed by atoms with Gasteiger partial charge in [0.1, 0.15) is 0 Å². The zero-order valence-electron chi connectivity index (χ0n) is 7.16. The maximum atomic E-state index is 8.98. The lowest BCUT2D eigenvalue weighted by atomic mass is 10.2. The van der Waals surface area contributed by atoms with E-state index in [9.17, 15) is 0 Å². The summed E-state index contributed by atoms with van der Waals surface area (Å²) in [5.41, 5.74) is 5.77. The van der Waals surface area contributed by atoms with Crippen LogP contribution < -0.4 is 5.73 Å². The second-order valence-electron chi connectivity index (χ2n) is 3.33. The molecule has 0 bridgehead atoms. The minimum absolute atomic E-state index is 0.258. The molecule has 0 aromatic rings. The monoisotopic (exact) mass is 158 g/mol. The predicted octanol–water partition coefficient (Wildman–Crippen LogP) is -0.210. The summed E-state index contributed by atoms with van der Waals surface area (Å²) in [5.74, 6) is 0. The Bertz CT molecular complexity index is 119. The molecular weight excluding hydrogens is 140 g/mol. The molecule has 1 aliphatic heterocycles. The summed E-state index contributed by atoms with van der Waals surface area (Å²) in [7, 11) is 0. The highest BCUT2D eigenvalue weighted by molar-refractivity contribution is 4.86. The van der Waals surface area contributed by atoms with Gasteiger partial charge in [0.05, 0.1) is 6.61 Å². The average Bonchev–Trinajstić information content (AvgIpc) is 2.32. The first-order chi connectivity index (χ1) is 5.27. The largest absolute Gasteiger partial charge is 0.395 e. The summed E-state index contributed by atoms with van der Waals surface area (Å²) in [6.45, 7) is 4.43. The summed E-state index contributed by atoms with van der Waals surface area (Å²) >= 11 is 0. The minimum atomic E-state index is 0.258. The lowest BCUT2D eigenvalue weighted by molar-refractivity contribution is 0.159. The molecule has 0 amide bonds. The second-order valence-corrected chi connectivity index (χ2v) is 3.33. The van der Waals surface area contributed by atoms with Crippen molar-refractivity contribution >= 4 is 0 Å². The van der Waals surface area contributed by atoms with Crippen molar-refractivity contribution in [1.82, 2.24) is 4.90 Å². The topological polar surface area (TPSA) is 49.5 Å². The summed E-state index contributed by atoms with van der Waals surface area (Å²) < 4.78 is 0. The number of nitrogens with two attached hydrogens (primary N) is 1. The van der Waals surface area contributed by atoms with E-state index in [-0.39, 0.29) is 12.6 Å². The molecule has 0 radical (unpaired) electrons. The fourth-order valence-electron chi connectivity index (χ4n) is 1.77. The molecule has 1 saturated heterocycles. The molecular formula is C8H18N2O. The van der Waals surface area contributed by atoms with E-state index in [1.807, 2.05) is 0 Å². The molecule has 0 saturated carbocycles. The van der Waals surface area contributed by atoms with Crippen LogP contribution in [0.1, 0.15) is 19.8 Å². The van der Waals surface area contributed by atoms with Crippen LogP contribution in [0.2, 0.25) is 0 Å². The fraction of sp³-hybridized carbons (Fsp3) is 1.00. The van der Waals surface area contributed by atoms with Gasteiger partial charge in [0.15, 0.2) is 0 Å². The highest BCUT2D eigenvalue weighted by Crippen LogP contribution is 2.15. The van der Waals surface area contributed by atoms with Crippen LogP contribution in [0.3, 0.4) is 0 Å². The van der Waals surface area contributed by atoms with Crippen molar-refractivity contribution in [2.75, 3.05) is 19.7 Å². The van der Waals surface area contributed by atoms with Gasteiger partial charge in [0.25, 0.3) is 0 Å². The quantitative estimate of drug-likeness (QED) is 0.597. The number of likely N-dealkylation sites (tertiary alicyclic amines) is 1. The third kappa shape index (κ3) is 2.15. The molecule has 1 heterocycles. The predicted molar refractivity (Wildman–Crippen MR) is 45.3 cm³/mol. The zero-order valence-corrected chi connectivity index (χ0v) is 7.16. The molecule has 0 spiro atoms. The molecule has 3 heteroatoms. The SMILES string of the molecule is CCCN1C[C@@H](N)C[C@H]1CO. The van der Waals surface area contributed by atoms with Gasteiger partial charge >= 0.3 is 0 Å². The number of rotatable bonds is 3. The van der Waals surface area contributed by atoms with Crippen molar-refractivity contribution in [2.45, 2.75) is 31.8 Å². The Balaban J connectivity index is 2.37. The Labute approximate surface area is 68.2 Å². The number of nitrogens with zero attached hydrogens (tertiary/aromatic N) is 1. The van der Waals surface area contributed by atoms with Gasteiger partial charge in [-0.15, -0.1) is 0 Å². The Morgan fingerprint density at radius 1 is 1.64 bits per heavy atom. The van der Waals surface area contributed by atoms with Crippen LogP contribution in [0.4, 0.5) is 0 Å². The lowest BCUT2D eigenvalue weighted by Gasteiger charge is -2.21. The van der Waals surface area contributed by atoms with Gasteiger partial charge in [-0.3, -0.25) is 4.90 Å². The molecule has 0 aromatic carbocycles. The second kappa shape index (κ2) is 4.04. The van der Waals surface area contributed by atoms with Crippen LogP contribution in [0.25, 0.3) is 0 Å². The van der Waals surface area contributed by atoms with Crippen LogP contribution in [-0.4, -0.2) is 41.8 Å². The van der Waals surface area contributed by atoms with Crippen molar-refractivity contribution < 1.29 is 5.11 Å². The molecule has 66 valence electrons. The van der Waals surface area contributed by atoms with E-state index in [4.69, 9.17) is 10.8 Å². The third-order valence-electron chi connectivity index (χ3n) is 2.28. The molecule has 3 nitrogen and oxygen atoms in total. The van der Waals surface area contributed by atoms with Crippen molar-refractivity contribution in [1.29, 1.82) is 0 Å². The van der Waals surface area contributed by atoms with Crippen molar-refractivity contribution in [2.24, 2.45) is 5.73 Å². The van der Waals surface area contributed by atoms with E-state index in [0.29, 0.717) is 6.04 Å². The fourth-order valence-corrected chi connectivity index (χ4v) is 1.77. The average molecular weight is 158 g/mol. The molecule has 1 rings (SSSR count). The number of aliphatic hydroxyl groups excluding tert-OH is 1. The first-order valence-corrected chi connectivity index (χ1v) is 4.38. The first-order valence-electron chi connectivity index (χ1n) is 4.38. The summed E-state index contributed by atoms with van der Waals surface area (Å²) in [6, 6.07) is 0.601. The smallest absolute Gasteiger partial charge is 0.0587 e. The Hall–Kier alpha value is -0.120. The van der Waals surface area contributed by atoms with Crippen LogP contribution in [-0.2, 0) is 0 Å². The van der Waals surface area contributed by atoms with Crippen molar-refractivity contribution in [3.63, 3.8) is 0 Å². The van der Waals surface area contributed by atoms with E-state index < -0.39 is 0 Å². The first kappa shape index (κ1) is 8.97. The van der Waals surface area contributed by atoms with Gasteiger partial charge in [-0.05, 0) is 19.4 Å². The summed E-state index contributed by atoms with van der Waals surface area (Å²) in [5, 5.41) is 8.98. The number of hydrogen-bond acceptors (Lipinski definition) is 3. The van der Waals surface area contributed by atoms with Crippen molar-refractivity contribution in [3.8, 4) is 0 Å². The lowest BCUT2D eigenvalue weighted by Crippen LogP contribution is -2.33. The highest BCUT2D eigenvalue weighted by Gasteiger charge is 2.28. The summed E-state index contributed by atoms with van der Waals surface area (Å²) in [4.78, 5) is 2.28. The Morgan fingerprint density at radius 2 is 2.36 bits per heavy atom. The number of aliphatic hydroxyl groups is 1. The van der Waals surface area contributed by atoms with Crippen LogP contribution in [0.5, 0.6) is 0 Å².